The summed E-state index contributed by atoms with van der Waals surface area (Å²) >= 11 is 0. The minimum absolute atomic E-state index is 0.175. The minimum Gasteiger partial charge on any atom is -0.388 e. The predicted octanol–water partition coefficient (Wildman–Crippen LogP) is 4.29. The van der Waals surface area contributed by atoms with Crippen LogP contribution in [0.2, 0.25) is 0 Å². The topological polar surface area (TPSA) is 65.0 Å². The second-order valence-electron chi connectivity index (χ2n) is 10.3. The molecule has 3 N–H and O–H groups in total. The van der Waals surface area contributed by atoms with Crippen LogP contribution in [0.1, 0.15) is 57.6 Å². The first kappa shape index (κ1) is 26.3. The van der Waals surface area contributed by atoms with E-state index in [2.05, 4.69) is 31.0 Å². The van der Waals surface area contributed by atoms with Crippen LogP contribution in [0.25, 0.3) is 0 Å². The molecule has 33 heavy (non-hydrogen) atoms. The highest BCUT2D eigenvalue weighted by Crippen LogP contribution is 2.37. The number of ether oxygens (including phenoxy) is 1. The Kier molecular flexibility index (Phi) is 8.70. The van der Waals surface area contributed by atoms with E-state index in [0.717, 1.165) is 36.9 Å². The van der Waals surface area contributed by atoms with Gasteiger partial charge in [0.1, 0.15) is 12.2 Å². The molecule has 0 bridgehead atoms. The zero-order chi connectivity index (χ0) is 24.3. The number of anilines is 1. The number of rotatable bonds is 10. The highest BCUT2D eigenvalue weighted by atomic mass is 19.4. The van der Waals surface area contributed by atoms with E-state index in [-0.39, 0.29) is 24.3 Å². The average molecular weight is 473 g/mol. The van der Waals surface area contributed by atoms with Gasteiger partial charge in [0.2, 0.25) is 0 Å². The molecule has 1 heterocycles. The molecule has 1 saturated heterocycles. The monoisotopic (exact) mass is 472 g/mol. The van der Waals surface area contributed by atoms with Gasteiger partial charge in [0, 0.05) is 30.4 Å². The van der Waals surface area contributed by atoms with Crippen molar-refractivity contribution >= 4 is 5.69 Å². The first-order chi connectivity index (χ1) is 15.4. The van der Waals surface area contributed by atoms with Crippen molar-refractivity contribution in [3.8, 4) is 0 Å². The van der Waals surface area contributed by atoms with Crippen LogP contribution < -0.4 is 5.32 Å². The van der Waals surface area contributed by atoms with Crippen LogP contribution in [0.15, 0.2) is 18.2 Å². The first-order valence-corrected chi connectivity index (χ1v) is 12.1. The third kappa shape index (κ3) is 7.31. The second kappa shape index (κ2) is 10.9. The molecule has 5 nitrogen and oxygen atoms in total. The van der Waals surface area contributed by atoms with E-state index in [9.17, 15) is 23.4 Å². The fourth-order valence-electron chi connectivity index (χ4n) is 5.01. The Morgan fingerprint density at radius 3 is 2.45 bits per heavy atom. The molecular formula is C25H39F3N2O3. The van der Waals surface area contributed by atoms with Crippen LogP contribution >= 0.6 is 0 Å². The number of hydrogen-bond donors (Lipinski definition) is 3. The summed E-state index contributed by atoms with van der Waals surface area (Å²) in [4.78, 5) is 2.37. The van der Waals surface area contributed by atoms with Crippen molar-refractivity contribution in [2.24, 2.45) is 5.92 Å². The van der Waals surface area contributed by atoms with Gasteiger partial charge in [0.25, 0.3) is 0 Å². The molecule has 1 aromatic carbocycles. The van der Waals surface area contributed by atoms with Crippen LogP contribution in [0.5, 0.6) is 0 Å². The number of halogens is 3. The Morgan fingerprint density at radius 1 is 1.18 bits per heavy atom. The van der Waals surface area contributed by atoms with Crippen molar-refractivity contribution in [3.63, 3.8) is 0 Å². The zero-order valence-electron chi connectivity index (χ0n) is 20.1. The van der Waals surface area contributed by atoms with E-state index in [0.29, 0.717) is 24.5 Å². The highest BCUT2D eigenvalue weighted by molar-refractivity contribution is 5.53. The fourth-order valence-corrected chi connectivity index (χ4v) is 5.01. The maximum atomic E-state index is 12.7. The molecule has 4 atom stereocenters. The molecule has 2 aliphatic rings. The number of nitrogens with zero attached hydrogens (tertiary/aromatic N) is 1. The molecule has 1 aliphatic carbocycles. The van der Waals surface area contributed by atoms with Crippen molar-refractivity contribution in [3.05, 3.63) is 29.3 Å². The number of aliphatic hydroxyl groups is 2. The Morgan fingerprint density at radius 2 is 1.88 bits per heavy atom. The van der Waals surface area contributed by atoms with Gasteiger partial charge in [-0.15, -0.1) is 0 Å². The molecule has 8 heteroatoms. The largest absolute Gasteiger partial charge is 0.393 e. The van der Waals surface area contributed by atoms with E-state index in [1.165, 1.54) is 0 Å². The molecule has 0 aromatic heterocycles. The lowest BCUT2D eigenvalue weighted by molar-refractivity contribution is -0.127. The van der Waals surface area contributed by atoms with Crippen molar-refractivity contribution in [2.45, 2.75) is 102 Å². The minimum atomic E-state index is -4.20. The molecule has 2 fully saturated rings. The molecule has 0 spiro atoms. The Labute approximate surface area is 195 Å². The normalized spacial score (nSPS) is 28.9. The Balaban J connectivity index is 1.44. The van der Waals surface area contributed by atoms with E-state index in [4.69, 9.17) is 4.74 Å². The van der Waals surface area contributed by atoms with E-state index in [1.807, 2.05) is 6.92 Å². The number of nitrogens with one attached hydrogen (secondary N) is 1. The predicted molar refractivity (Wildman–Crippen MR) is 123 cm³/mol. The molecule has 0 amide bonds. The first-order valence-electron chi connectivity index (χ1n) is 12.1. The molecule has 188 valence electrons. The van der Waals surface area contributed by atoms with E-state index in [1.54, 1.807) is 18.2 Å². The van der Waals surface area contributed by atoms with Crippen LogP contribution in [0, 0.1) is 12.8 Å². The van der Waals surface area contributed by atoms with Crippen molar-refractivity contribution < 1.29 is 28.1 Å². The molecule has 1 aliphatic heterocycles. The third-order valence-electron chi connectivity index (χ3n) is 7.11. The highest BCUT2D eigenvalue weighted by Gasteiger charge is 2.40. The Bertz CT molecular complexity index is 768. The van der Waals surface area contributed by atoms with E-state index >= 15 is 0 Å². The van der Waals surface area contributed by atoms with Gasteiger partial charge in [-0.2, -0.15) is 13.2 Å². The lowest BCUT2D eigenvalue weighted by Gasteiger charge is -2.46. The summed E-state index contributed by atoms with van der Waals surface area (Å²) < 4.78 is 43.7. The van der Waals surface area contributed by atoms with Crippen LogP contribution in [-0.2, 0) is 11.2 Å². The van der Waals surface area contributed by atoms with Gasteiger partial charge in [-0.3, -0.25) is 4.90 Å². The molecule has 1 saturated carbocycles. The number of aryl methyl sites for hydroxylation is 1. The smallest absolute Gasteiger partial charge is 0.388 e. The summed E-state index contributed by atoms with van der Waals surface area (Å²) in [5.41, 5.74) is 2.01. The number of hydrogen-bond acceptors (Lipinski definition) is 5. The van der Waals surface area contributed by atoms with Gasteiger partial charge in [0.15, 0.2) is 0 Å². The number of alkyl halides is 3. The van der Waals surface area contributed by atoms with Crippen molar-refractivity contribution in [1.29, 1.82) is 0 Å². The fraction of sp³-hybridized carbons (Fsp3) is 0.760. The molecular weight excluding hydrogens is 433 g/mol. The van der Waals surface area contributed by atoms with Crippen molar-refractivity contribution in [1.82, 2.24) is 4.90 Å². The SMILES string of the molecule is Cc1ccc(CC(F)(F)F)cc1NC(C)CCC1CC(N(C[C@H]2OC[C@H](O)[C@@H]2O)C(C)C)C1. The lowest BCUT2D eigenvalue weighted by Crippen LogP contribution is -2.52. The van der Waals surface area contributed by atoms with E-state index < -0.39 is 24.8 Å². The summed E-state index contributed by atoms with van der Waals surface area (Å²) in [6, 6.07) is 5.87. The van der Waals surface area contributed by atoms with Crippen LogP contribution in [-0.4, -0.2) is 70.9 Å². The summed E-state index contributed by atoms with van der Waals surface area (Å²) in [5.74, 6) is 0.623. The zero-order valence-corrected chi connectivity index (χ0v) is 20.1. The van der Waals surface area contributed by atoms with Gasteiger partial charge in [-0.1, -0.05) is 12.1 Å². The maximum absolute atomic E-state index is 12.7. The van der Waals surface area contributed by atoms with Gasteiger partial charge in [-0.05, 0) is 76.5 Å². The molecule has 1 unspecified atom stereocenters. The molecule has 0 radical (unpaired) electrons. The summed E-state index contributed by atoms with van der Waals surface area (Å²) in [6.07, 6.45) is -2.87. The average Bonchev–Trinajstić information content (AvgIpc) is 2.99. The van der Waals surface area contributed by atoms with Gasteiger partial charge >= 0.3 is 6.18 Å². The molecule has 3 rings (SSSR count). The summed E-state index contributed by atoms with van der Waals surface area (Å²) in [6.45, 7) is 9.09. The summed E-state index contributed by atoms with van der Waals surface area (Å²) in [5, 5.41) is 23.2. The third-order valence-corrected chi connectivity index (χ3v) is 7.11. The van der Waals surface area contributed by atoms with Gasteiger partial charge in [-0.25, -0.2) is 0 Å². The maximum Gasteiger partial charge on any atom is 0.393 e. The van der Waals surface area contributed by atoms with Gasteiger partial charge in [0.05, 0.1) is 19.1 Å². The quantitative estimate of drug-likeness (QED) is 0.474. The number of aliphatic hydroxyl groups excluding tert-OH is 2. The lowest BCUT2D eigenvalue weighted by atomic mass is 9.75. The number of benzene rings is 1. The Hall–Kier alpha value is -1.35. The second-order valence-corrected chi connectivity index (χ2v) is 10.3. The summed E-state index contributed by atoms with van der Waals surface area (Å²) in [7, 11) is 0. The van der Waals surface area contributed by atoms with Crippen LogP contribution in [0.3, 0.4) is 0 Å². The standard InChI is InChI=1S/C25H39F3N2O3/c1-15(2)30(13-23-24(32)22(31)14-33-23)20-9-18(10-20)8-6-17(4)29-21-11-19(7-5-16(21)3)12-25(26,27)28/h5,7,11,15,17-18,20,22-24,29,31-32H,6,8-10,12-14H2,1-4H3/t17?,18?,20?,22-,23+,24-/m0/s1. The van der Waals surface area contributed by atoms with Gasteiger partial charge < -0.3 is 20.3 Å². The molecule has 1 aromatic rings. The van der Waals surface area contributed by atoms with Crippen LogP contribution in [0.4, 0.5) is 18.9 Å². The van der Waals surface area contributed by atoms with Crippen molar-refractivity contribution in [2.75, 3.05) is 18.5 Å².